The highest BCUT2D eigenvalue weighted by molar-refractivity contribution is 5.85. The molecule has 0 saturated carbocycles. The van der Waals surface area contributed by atoms with Crippen molar-refractivity contribution >= 4 is 28.9 Å². The maximum Gasteiger partial charge on any atom is 0.223 e. The van der Waals surface area contributed by atoms with E-state index in [1.807, 2.05) is 23.8 Å². The van der Waals surface area contributed by atoms with Crippen LogP contribution in [0.5, 0.6) is 0 Å². The Morgan fingerprint density at radius 3 is 2.50 bits per heavy atom. The predicted octanol–water partition coefficient (Wildman–Crippen LogP) is 6.04. The topological polar surface area (TPSA) is 67.2 Å². The summed E-state index contributed by atoms with van der Waals surface area (Å²) in [7, 11) is 0. The highest BCUT2D eigenvalue weighted by Gasteiger charge is 2.14. The number of amides is 2. The van der Waals surface area contributed by atoms with Crippen LogP contribution in [-0.4, -0.2) is 26.8 Å². The van der Waals surface area contributed by atoms with E-state index in [1.54, 1.807) is 56.6 Å². The Kier molecular flexibility index (Phi) is 8.11. The van der Waals surface area contributed by atoms with E-state index in [9.17, 15) is 18.4 Å². The molecular weight excluding hydrogens is 486 g/mol. The van der Waals surface area contributed by atoms with Crippen LogP contribution in [0.1, 0.15) is 37.0 Å². The third-order valence-electron chi connectivity index (χ3n) is 6.10. The van der Waals surface area contributed by atoms with E-state index in [0.29, 0.717) is 29.8 Å². The minimum atomic E-state index is -0.390. The van der Waals surface area contributed by atoms with Crippen LogP contribution in [0.3, 0.4) is 0 Å². The summed E-state index contributed by atoms with van der Waals surface area (Å²) in [4.78, 5) is 29.9. The molecule has 0 spiro atoms. The van der Waals surface area contributed by atoms with Crippen molar-refractivity contribution < 1.29 is 18.4 Å². The van der Waals surface area contributed by atoms with Crippen molar-refractivity contribution in [2.24, 2.45) is 0 Å². The summed E-state index contributed by atoms with van der Waals surface area (Å²) in [5, 5.41) is 3.58. The monoisotopic (exact) mass is 514 g/mol. The average molecular weight is 515 g/mol. The number of hydrogen-bond donors (Lipinski definition) is 1. The lowest BCUT2D eigenvalue weighted by Gasteiger charge is -2.22. The molecular formula is C30H28F2N4O2. The summed E-state index contributed by atoms with van der Waals surface area (Å²) >= 11 is 0. The highest BCUT2D eigenvalue weighted by Crippen LogP contribution is 2.26. The number of rotatable bonds is 9. The molecule has 2 heterocycles. The Hall–Kier alpha value is -4.59. The lowest BCUT2D eigenvalue weighted by Crippen LogP contribution is -2.21. The molecule has 0 saturated heterocycles. The van der Waals surface area contributed by atoms with Gasteiger partial charge in [-0.1, -0.05) is 6.92 Å². The fraction of sp³-hybridized carbons (Fsp3) is 0.167. The highest BCUT2D eigenvalue weighted by atomic mass is 19.1. The molecule has 4 rings (SSSR count). The normalized spacial score (nSPS) is 12.0. The molecule has 0 aliphatic carbocycles. The number of carbonyl (C=O) groups excluding carboxylic acids is 2. The van der Waals surface area contributed by atoms with Crippen LogP contribution in [-0.2, 0) is 16.1 Å². The Morgan fingerprint density at radius 1 is 1.05 bits per heavy atom. The molecule has 8 heteroatoms. The second-order valence-electron chi connectivity index (χ2n) is 8.94. The maximum absolute atomic E-state index is 13.8. The minimum absolute atomic E-state index is 0.124. The van der Waals surface area contributed by atoms with E-state index < -0.39 is 5.82 Å². The number of fused-ring (bicyclic) bond motifs is 1. The summed E-state index contributed by atoms with van der Waals surface area (Å²) in [6, 6.07) is 12.4. The van der Waals surface area contributed by atoms with Crippen LogP contribution in [0, 0.1) is 18.6 Å². The summed E-state index contributed by atoms with van der Waals surface area (Å²) in [5.74, 6) is -0.814. The largest absolute Gasteiger partial charge is 0.330 e. The molecule has 4 aromatic rings. The van der Waals surface area contributed by atoms with Gasteiger partial charge < -0.3 is 14.8 Å². The lowest BCUT2D eigenvalue weighted by molar-refractivity contribution is -0.120. The number of aryl methyl sites for hydroxylation is 1. The van der Waals surface area contributed by atoms with E-state index >= 15 is 0 Å². The fourth-order valence-electron chi connectivity index (χ4n) is 4.18. The zero-order valence-electron chi connectivity index (χ0n) is 21.4. The van der Waals surface area contributed by atoms with Gasteiger partial charge in [0.1, 0.15) is 11.6 Å². The molecule has 194 valence electrons. The SMILES string of the molecule is CCC(=O)N/C(C)=C/C=C(/c1ccc(F)cc1)N(C=O)Cc1cncc(-n2cc(C)c3cc(F)ccc32)c1. The average Bonchev–Trinajstić information content (AvgIpc) is 3.24. The molecule has 38 heavy (non-hydrogen) atoms. The van der Waals surface area contributed by atoms with Crippen LogP contribution in [0.15, 0.2) is 85.0 Å². The molecule has 2 amide bonds. The second-order valence-corrected chi connectivity index (χ2v) is 8.94. The van der Waals surface area contributed by atoms with Gasteiger partial charge >= 0.3 is 0 Å². The standard InChI is InChI=1S/C30H28F2N4O2/c1-4-30(38)34-21(3)5-11-28(23-6-8-24(31)9-7-23)35(19-37)18-22-13-26(16-33-15-22)36-17-20(2)27-14-25(32)10-12-29(27)36/h5-17,19H,4,18H2,1-3H3,(H,34,38)/b21-5+,28-11-. The molecule has 2 aromatic heterocycles. The first-order valence-electron chi connectivity index (χ1n) is 12.2. The first kappa shape index (κ1) is 26.5. The molecule has 2 aromatic carbocycles. The van der Waals surface area contributed by atoms with Gasteiger partial charge in [-0.2, -0.15) is 0 Å². The molecule has 0 radical (unpaired) electrons. The van der Waals surface area contributed by atoms with E-state index in [4.69, 9.17) is 0 Å². The van der Waals surface area contributed by atoms with E-state index in [-0.39, 0.29) is 18.3 Å². The van der Waals surface area contributed by atoms with Crippen molar-refractivity contribution in [1.82, 2.24) is 19.8 Å². The lowest BCUT2D eigenvalue weighted by atomic mass is 10.1. The Bertz CT molecular complexity index is 1540. The van der Waals surface area contributed by atoms with Crippen molar-refractivity contribution in [3.05, 3.63) is 113 Å². The summed E-state index contributed by atoms with van der Waals surface area (Å²) in [5.41, 5.74) is 5.05. The third-order valence-corrected chi connectivity index (χ3v) is 6.10. The Labute approximate surface area is 219 Å². The molecule has 6 nitrogen and oxygen atoms in total. The van der Waals surface area contributed by atoms with Gasteiger partial charge in [-0.25, -0.2) is 8.78 Å². The van der Waals surface area contributed by atoms with E-state index in [0.717, 1.165) is 27.7 Å². The van der Waals surface area contributed by atoms with Crippen LogP contribution in [0.4, 0.5) is 8.78 Å². The van der Waals surface area contributed by atoms with Crippen molar-refractivity contribution in [2.75, 3.05) is 0 Å². The zero-order chi connectivity index (χ0) is 27.2. The molecule has 0 unspecified atom stereocenters. The number of aromatic nitrogens is 2. The smallest absolute Gasteiger partial charge is 0.223 e. The van der Waals surface area contributed by atoms with Crippen molar-refractivity contribution in [1.29, 1.82) is 0 Å². The van der Waals surface area contributed by atoms with Gasteiger partial charge in [0.15, 0.2) is 0 Å². The molecule has 0 aliphatic heterocycles. The second kappa shape index (κ2) is 11.6. The summed E-state index contributed by atoms with van der Waals surface area (Å²) in [6.07, 6.45) is 9.75. The fourth-order valence-corrected chi connectivity index (χ4v) is 4.18. The van der Waals surface area contributed by atoms with Gasteiger partial charge in [0, 0.05) is 29.9 Å². The number of halogens is 2. The van der Waals surface area contributed by atoms with Crippen molar-refractivity contribution in [3.63, 3.8) is 0 Å². The summed E-state index contributed by atoms with van der Waals surface area (Å²) < 4.78 is 29.4. The van der Waals surface area contributed by atoms with E-state index in [2.05, 4.69) is 10.3 Å². The zero-order valence-corrected chi connectivity index (χ0v) is 21.4. The van der Waals surface area contributed by atoms with Gasteiger partial charge in [0.2, 0.25) is 12.3 Å². The van der Waals surface area contributed by atoms with E-state index in [1.165, 1.54) is 29.2 Å². The van der Waals surface area contributed by atoms with Crippen LogP contribution < -0.4 is 5.32 Å². The van der Waals surface area contributed by atoms with Crippen LogP contribution >= 0.6 is 0 Å². The van der Waals surface area contributed by atoms with Gasteiger partial charge in [0.25, 0.3) is 0 Å². The van der Waals surface area contributed by atoms with Crippen LogP contribution in [0.2, 0.25) is 0 Å². The Balaban J connectivity index is 1.69. The van der Waals surface area contributed by atoms with Gasteiger partial charge in [-0.05, 0) is 91.2 Å². The maximum atomic E-state index is 13.8. The molecule has 0 atom stereocenters. The minimum Gasteiger partial charge on any atom is -0.330 e. The first-order valence-corrected chi connectivity index (χ1v) is 12.2. The van der Waals surface area contributed by atoms with Crippen molar-refractivity contribution in [2.45, 2.75) is 33.7 Å². The Morgan fingerprint density at radius 2 is 1.79 bits per heavy atom. The van der Waals surface area contributed by atoms with Crippen molar-refractivity contribution in [3.8, 4) is 5.69 Å². The van der Waals surface area contributed by atoms with Gasteiger partial charge in [-0.15, -0.1) is 0 Å². The third kappa shape index (κ3) is 6.03. The number of pyridine rings is 1. The quantitative estimate of drug-likeness (QED) is 0.219. The van der Waals surface area contributed by atoms with Gasteiger partial charge in [-0.3, -0.25) is 14.6 Å². The number of nitrogens with one attached hydrogen (secondary N) is 1. The van der Waals surface area contributed by atoms with Crippen LogP contribution in [0.25, 0.3) is 22.3 Å². The number of carbonyl (C=O) groups is 2. The number of nitrogens with zero attached hydrogens (tertiary/aromatic N) is 3. The molecule has 1 N–H and O–H groups in total. The molecule has 0 fully saturated rings. The number of hydrogen-bond acceptors (Lipinski definition) is 3. The number of allylic oxidation sites excluding steroid dienone is 3. The first-order chi connectivity index (χ1) is 18.3. The van der Waals surface area contributed by atoms with Gasteiger partial charge in [0.05, 0.1) is 29.6 Å². The predicted molar refractivity (Wildman–Crippen MR) is 144 cm³/mol. The number of benzene rings is 2. The molecule has 0 bridgehead atoms. The summed E-state index contributed by atoms with van der Waals surface area (Å²) in [6.45, 7) is 5.62. The molecule has 0 aliphatic rings.